The molecule has 0 aliphatic rings. The first-order chi connectivity index (χ1) is 22.7. The van der Waals surface area contributed by atoms with Gasteiger partial charge in [0.25, 0.3) is 0 Å². The SMILES string of the molecule is N#Cc1ccc(-c2cccc3cc(-c4cc5ccccc5cc4-c4cc(-c5ccccn5)nc(-c5ccccn5)c4)ccc23)cc1. The molecule has 5 aromatic carbocycles. The minimum atomic E-state index is 0.656. The number of benzene rings is 5. The second-order valence-corrected chi connectivity index (χ2v) is 11.2. The molecule has 3 aromatic heterocycles. The lowest BCUT2D eigenvalue weighted by molar-refractivity contribution is 1.22. The summed E-state index contributed by atoms with van der Waals surface area (Å²) in [5.41, 5.74) is 10.5. The van der Waals surface area contributed by atoms with Crippen LogP contribution < -0.4 is 0 Å². The Morgan fingerprint density at radius 3 is 1.61 bits per heavy atom. The molecule has 4 heteroatoms. The van der Waals surface area contributed by atoms with Crippen LogP contribution in [-0.2, 0) is 0 Å². The van der Waals surface area contributed by atoms with Crippen LogP contribution in [0, 0.1) is 11.3 Å². The molecule has 0 aliphatic carbocycles. The van der Waals surface area contributed by atoms with Gasteiger partial charge in [0.1, 0.15) is 0 Å². The summed E-state index contributed by atoms with van der Waals surface area (Å²) in [6.07, 6.45) is 3.60. The lowest BCUT2D eigenvalue weighted by Crippen LogP contribution is -1.95. The lowest BCUT2D eigenvalue weighted by Gasteiger charge is -2.16. The van der Waals surface area contributed by atoms with Crippen LogP contribution >= 0.6 is 0 Å². The third-order valence-electron chi connectivity index (χ3n) is 8.39. The molecule has 8 aromatic rings. The summed E-state index contributed by atoms with van der Waals surface area (Å²) in [5.74, 6) is 0. The van der Waals surface area contributed by atoms with Gasteiger partial charge in [-0.1, -0.05) is 78.9 Å². The molecule has 4 nitrogen and oxygen atoms in total. The van der Waals surface area contributed by atoms with Crippen molar-refractivity contribution in [1.29, 1.82) is 5.26 Å². The van der Waals surface area contributed by atoms with Crippen molar-refractivity contribution in [1.82, 2.24) is 15.0 Å². The molecule has 0 aliphatic heterocycles. The fourth-order valence-corrected chi connectivity index (χ4v) is 6.12. The molecule has 214 valence electrons. The predicted octanol–water partition coefficient (Wildman–Crippen LogP) is 10.4. The van der Waals surface area contributed by atoms with Crippen LogP contribution in [0.15, 0.2) is 158 Å². The van der Waals surface area contributed by atoms with E-state index in [2.05, 4.69) is 101 Å². The molecular formula is C42H26N4. The Morgan fingerprint density at radius 1 is 0.413 bits per heavy atom. The van der Waals surface area contributed by atoms with Crippen LogP contribution in [0.1, 0.15) is 5.56 Å². The van der Waals surface area contributed by atoms with Gasteiger partial charge in [-0.2, -0.15) is 5.26 Å². The van der Waals surface area contributed by atoms with Crippen LogP contribution in [0.5, 0.6) is 0 Å². The Balaban J connectivity index is 1.34. The van der Waals surface area contributed by atoms with E-state index in [-0.39, 0.29) is 0 Å². The minimum absolute atomic E-state index is 0.656. The van der Waals surface area contributed by atoms with Crippen molar-refractivity contribution in [3.05, 3.63) is 164 Å². The third-order valence-corrected chi connectivity index (χ3v) is 8.39. The van der Waals surface area contributed by atoms with Crippen molar-refractivity contribution < 1.29 is 0 Å². The maximum Gasteiger partial charge on any atom is 0.0991 e. The Hall–Kier alpha value is -6.44. The maximum atomic E-state index is 9.27. The van der Waals surface area contributed by atoms with E-state index in [9.17, 15) is 5.26 Å². The fraction of sp³-hybridized carbons (Fsp3) is 0. The molecule has 46 heavy (non-hydrogen) atoms. The maximum absolute atomic E-state index is 9.27. The summed E-state index contributed by atoms with van der Waals surface area (Å²) in [7, 11) is 0. The highest BCUT2D eigenvalue weighted by Gasteiger charge is 2.16. The second kappa shape index (κ2) is 11.6. The molecule has 0 radical (unpaired) electrons. The van der Waals surface area contributed by atoms with Crippen molar-refractivity contribution in [2.45, 2.75) is 0 Å². The van der Waals surface area contributed by atoms with Gasteiger partial charge in [-0.25, -0.2) is 4.98 Å². The number of nitrogens with zero attached hydrogens (tertiary/aromatic N) is 4. The van der Waals surface area contributed by atoms with Crippen LogP contribution in [-0.4, -0.2) is 15.0 Å². The molecule has 0 N–H and O–H groups in total. The number of hydrogen-bond acceptors (Lipinski definition) is 4. The average Bonchev–Trinajstić information content (AvgIpc) is 3.14. The smallest absolute Gasteiger partial charge is 0.0991 e. The summed E-state index contributed by atoms with van der Waals surface area (Å²) >= 11 is 0. The summed E-state index contributed by atoms with van der Waals surface area (Å²) in [5, 5.41) is 13.9. The number of fused-ring (bicyclic) bond motifs is 2. The topological polar surface area (TPSA) is 62.5 Å². The molecule has 0 fully saturated rings. The van der Waals surface area contributed by atoms with E-state index >= 15 is 0 Å². The first-order valence-electron chi connectivity index (χ1n) is 15.2. The molecule has 3 heterocycles. The van der Waals surface area contributed by atoms with E-state index in [1.54, 1.807) is 12.4 Å². The molecule has 0 amide bonds. The highest BCUT2D eigenvalue weighted by Crippen LogP contribution is 2.40. The first kappa shape index (κ1) is 27.1. The van der Waals surface area contributed by atoms with Crippen LogP contribution in [0.25, 0.3) is 77.7 Å². The van der Waals surface area contributed by atoms with Gasteiger partial charge in [0, 0.05) is 12.4 Å². The number of rotatable bonds is 5. The number of aromatic nitrogens is 3. The Morgan fingerprint density at radius 2 is 1.00 bits per heavy atom. The fourth-order valence-electron chi connectivity index (χ4n) is 6.12. The zero-order valence-corrected chi connectivity index (χ0v) is 24.8. The largest absolute Gasteiger partial charge is 0.255 e. The Kier molecular flexibility index (Phi) is 6.83. The first-order valence-corrected chi connectivity index (χ1v) is 15.2. The van der Waals surface area contributed by atoms with E-state index in [0.717, 1.165) is 66.9 Å². The zero-order chi connectivity index (χ0) is 30.9. The van der Waals surface area contributed by atoms with Gasteiger partial charge in [0.15, 0.2) is 0 Å². The van der Waals surface area contributed by atoms with Crippen molar-refractivity contribution in [3.63, 3.8) is 0 Å². The number of hydrogen-bond donors (Lipinski definition) is 0. The standard InChI is InChI=1S/C42H26N4/c43-27-28-14-16-29(17-15-28)35-11-7-10-32-22-33(18-19-36(32)35)37-23-30-8-1-2-9-31(30)24-38(37)34-25-41(39-12-3-5-20-44-39)46-42(26-34)40-13-4-6-21-45-40/h1-26H. The average molecular weight is 587 g/mol. The van der Waals surface area contributed by atoms with Gasteiger partial charge < -0.3 is 0 Å². The highest BCUT2D eigenvalue weighted by molar-refractivity contribution is 6.02. The molecule has 0 spiro atoms. The number of nitriles is 1. The Labute approximate surface area is 266 Å². The summed E-state index contributed by atoms with van der Waals surface area (Å²) in [6.45, 7) is 0. The molecular weight excluding hydrogens is 560 g/mol. The molecule has 0 saturated heterocycles. The quantitative estimate of drug-likeness (QED) is 0.201. The van der Waals surface area contributed by atoms with Gasteiger partial charge in [-0.3, -0.25) is 9.97 Å². The van der Waals surface area contributed by atoms with Crippen LogP contribution in [0.2, 0.25) is 0 Å². The monoisotopic (exact) mass is 586 g/mol. The van der Waals surface area contributed by atoms with E-state index in [1.807, 2.05) is 60.7 Å². The van der Waals surface area contributed by atoms with Gasteiger partial charge >= 0.3 is 0 Å². The van der Waals surface area contributed by atoms with Crippen LogP contribution in [0.4, 0.5) is 0 Å². The van der Waals surface area contributed by atoms with E-state index in [0.29, 0.717) is 5.56 Å². The molecule has 0 unspecified atom stereocenters. The van der Waals surface area contributed by atoms with E-state index in [4.69, 9.17) is 4.98 Å². The van der Waals surface area contributed by atoms with E-state index in [1.165, 1.54) is 10.8 Å². The predicted molar refractivity (Wildman–Crippen MR) is 187 cm³/mol. The summed E-state index contributed by atoms with van der Waals surface area (Å²) < 4.78 is 0. The van der Waals surface area contributed by atoms with Crippen molar-refractivity contribution >= 4 is 21.5 Å². The lowest BCUT2D eigenvalue weighted by atomic mass is 9.89. The minimum Gasteiger partial charge on any atom is -0.255 e. The third kappa shape index (κ3) is 5.06. The zero-order valence-electron chi connectivity index (χ0n) is 24.8. The van der Waals surface area contributed by atoms with Crippen LogP contribution in [0.3, 0.4) is 0 Å². The highest BCUT2D eigenvalue weighted by atomic mass is 14.8. The van der Waals surface area contributed by atoms with Gasteiger partial charge in [0.05, 0.1) is 34.4 Å². The summed E-state index contributed by atoms with van der Waals surface area (Å²) in [4.78, 5) is 14.3. The van der Waals surface area contributed by atoms with Crippen molar-refractivity contribution in [2.24, 2.45) is 0 Å². The molecule has 0 atom stereocenters. The normalized spacial score (nSPS) is 11.0. The Bertz CT molecular complexity index is 2350. The van der Waals surface area contributed by atoms with Crippen molar-refractivity contribution in [3.8, 4) is 62.2 Å². The molecule has 0 saturated carbocycles. The van der Waals surface area contributed by atoms with Gasteiger partial charge in [-0.15, -0.1) is 0 Å². The van der Waals surface area contributed by atoms with Crippen molar-refractivity contribution in [2.75, 3.05) is 0 Å². The summed E-state index contributed by atoms with van der Waals surface area (Å²) in [6, 6.07) is 52.2. The van der Waals surface area contributed by atoms with Gasteiger partial charge in [-0.05, 0) is 122 Å². The van der Waals surface area contributed by atoms with Gasteiger partial charge in [0.2, 0.25) is 0 Å². The molecule has 8 rings (SSSR count). The molecule has 0 bridgehead atoms. The number of pyridine rings is 3. The second-order valence-electron chi connectivity index (χ2n) is 11.2. The van der Waals surface area contributed by atoms with E-state index < -0.39 is 0 Å².